The van der Waals surface area contributed by atoms with E-state index in [9.17, 15) is 4.79 Å². The van der Waals surface area contributed by atoms with E-state index in [0.717, 1.165) is 11.4 Å². The molecule has 100 valence electrons. The van der Waals surface area contributed by atoms with Crippen LogP contribution in [0.2, 0.25) is 0 Å². The summed E-state index contributed by atoms with van der Waals surface area (Å²) < 4.78 is 6.68. The number of esters is 1. The van der Waals surface area contributed by atoms with Crippen molar-refractivity contribution in [1.29, 1.82) is 0 Å². The van der Waals surface area contributed by atoms with E-state index in [0.29, 0.717) is 12.4 Å². The molecule has 0 atom stereocenters. The number of hydrogen-bond donors (Lipinski definition) is 0. The molecule has 0 saturated heterocycles. The molecule has 0 aromatic carbocycles. The molecule has 0 bridgehead atoms. The number of nitrogens with zero attached hydrogens (tertiary/aromatic N) is 5. The van der Waals surface area contributed by atoms with E-state index >= 15 is 0 Å². The van der Waals surface area contributed by atoms with Crippen molar-refractivity contribution >= 4 is 23.4 Å². The van der Waals surface area contributed by atoms with Crippen molar-refractivity contribution in [2.24, 2.45) is 0 Å². The van der Waals surface area contributed by atoms with Crippen molar-refractivity contribution in [2.45, 2.75) is 26.5 Å². The zero-order valence-electron chi connectivity index (χ0n) is 10.4. The van der Waals surface area contributed by atoms with Gasteiger partial charge in [-0.1, -0.05) is 6.92 Å². The molecule has 0 aliphatic rings. The molecule has 0 amide bonds. The largest absolute Gasteiger partial charge is 0.454 e. The Kier molecular flexibility index (Phi) is 4.73. The fourth-order valence-corrected chi connectivity index (χ4v) is 1.88. The Morgan fingerprint density at radius 2 is 2.47 bits per heavy atom. The molecule has 2 rings (SSSR count). The van der Waals surface area contributed by atoms with E-state index in [2.05, 4.69) is 20.5 Å². The summed E-state index contributed by atoms with van der Waals surface area (Å²) >= 11 is 1.45. The molecule has 19 heavy (non-hydrogen) atoms. The average Bonchev–Trinajstić information content (AvgIpc) is 3.06. The lowest BCUT2D eigenvalue weighted by atomic mass is 10.5. The molecular formula is C11H13N5O2S. The molecule has 8 heteroatoms. The van der Waals surface area contributed by atoms with Crippen LogP contribution in [0.15, 0.2) is 17.7 Å². The normalized spacial score (nSPS) is 11.0. The van der Waals surface area contributed by atoms with E-state index in [-0.39, 0.29) is 6.61 Å². The summed E-state index contributed by atoms with van der Waals surface area (Å²) in [5.41, 5.74) is 0. The van der Waals surface area contributed by atoms with Crippen molar-refractivity contribution in [3.8, 4) is 0 Å². The third-order valence-electron chi connectivity index (χ3n) is 2.20. The van der Waals surface area contributed by atoms with Gasteiger partial charge in [0.05, 0.1) is 0 Å². The van der Waals surface area contributed by atoms with Crippen LogP contribution in [0.3, 0.4) is 0 Å². The van der Waals surface area contributed by atoms with Gasteiger partial charge >= 0.3 is 5.97 Å². The third-order valence-corrected chi connectivity index (χ3v) is 2.94. The molecule has 0 saturated carbocycles. The molecular weight excluding hydrogens is 266 g/mol. The molecule has 0 spiro atoms. The van der Waals surface area contributed by atoms with Crippen LogP contribution < -0.4 is 0 Å². The maximum atomic E-state index is 11.5. The summed E-state index contributed by atoms with van der Waals surface area (Å²) in [5, 5.41) is 13.8. The highest BCUT2D eigenvalue weighted by Crippen LogP contribution is 2.06. The van der Waals surface area contributed by atoms with Gasteiger partial charge in [0.1, 0.15) is 5.01 Å². The van der Waals surface area contributed by atoms with Crippen LogP contribution in [0.5, 0.6) is 0 Å². The van der Waals surface area contributed by atoms with Crippen molar-refractivity contribution in [2.75, 3.05) is 0 Å². The number of tetrazole rings is 1. The van der Waals surface area contributed by atoms with Gasteiger partial charge in [-0.05, 0) is 22.9 Å². The molecule has 0 aliphatic heterocycles. The van der Waals surface area contributed by atoms with Crippen LogP contribution in [-0.2, 0) is 22.7 Å². The minimum Gasteiger partial charge on any atom is -0.454 e. The zero-order chi connectivity index (χ0) is 13.5. The number of thiazole rings is 1. The monoisotopic (exact) mass is 279 g/mol. The zero-order valence-corrected chi connectivity index (χ0v) is 11.2. The SMILES string of the molecule is CCCn1nnnc1COC(=O)/C=C/c1nccs1. The molecule has 2 aromatic rings. The van der Waals surface area contributed by atoms with Crippen LogP contribution >= 0.6 is 11.3 Å². The quantitative estimate of drug-likeness (QED) is 0.585. The smallest absolute Gasteiger partial charge is 0.331 e. The van der Waals surface area contributed by atoms with Gasteiger partial charge in [-0.3, -0.25) is 0 Å². The number of carbonyl (C=O) groups is 1. The molecule has 0 radical (unpaired) electrons. The summed E-state index contributed by atoms with van der Waals surface area (Å²) in [6.07, 6.45) is 5.54. The molecule has 2 heterocycles. The van der Waals surface area contributed by atoms with Crippen molar-refractivity contribution in [1.82, 2.24) is 25.2 Å². The van der Waals surface area contributed by atoms with E-state index in [1.54, 1.807) is 17.0 Å². The Bertz CT molecular complexity index is 549. The molecule has 7 nitrogen and oxygen atoms in total. The Morgan fingerprint density at radius 1 is 1.58 bits per heavy atom. The number of ether oxygens (including phenoxy) is 1. The highest BCUT2D eigenvalue weighted by Gasteiger charge is 2.07. The maximum absolute atomic E-state index is 11.5. The van der Waals surface area contributed by atoms with E-state index in [4.69, 9.17) is 4.74 Å². The van der Waals surface area contributed by atoms with E-state index in [1.807, 2.05) is 12.3 Å². The average molecular weight is 279 g/mol. The maximum Gasteiger partial charge on any atom is 0.331 e. The summed E-state index contributed by atoms with van der Waals surface area (Å²) in [4.78, 5) is 15.5. The third kappa shape index (κ3) is 3.95. The second-order valence-electron chi connectivity index (χ2n) is 3.63. The van der Waals surface area contributed by atoms with Gasteiger partial charge in [-0.15, -0.1) is 16.4 Å². The van der Waals surface area contributed by atoms with E-state index < -0.39 is 5.97 Å². The lowest BCUT2D eigenvalue weighted by Crippen LogP contribution is -2.09. The summed E-state index contributed by atoms with van der Waals surface area (Å²) in [6, 6.07) is 0. The van der Waals surface area contributed by atoms with Gasteiger partial charge in [0.2, 0.25) is 0 Å². The van der Waals surface area contributed by atoms with Crippen LogP contribution in [0, 0.1) is 0 Å². The molecule has 0 unspecified atom stereocenters. The fraction of sp³-hybridized carbons (Fsp3) is 0.364. The highest BCUT2D eigenvalue weighted by molar-refractivity contribution is 7.10. The van der Waals surface area contributed by atoms with Gasteiger partial charge in [-0.25, -0.2) is 14.5 Å². The first-order valence-corrected chi connectivity index (χ1v) is 6.67. The van der Waals surface area contributed by atoms with Crippen LogP contribution in [-0.4, -0.2) is 31.2 Å². The molecule has 0 N–H and O–H groups in total. The van der Waals surface area contributed by atoms with Gasteiger partial charge in [0.15, 0.2) is 12.4 Å². The minimum atomic E-state index is -0.443. The number of rotatable bonds is 6. The van der Waals surface area contributed by atoms with Gasteiger partial charge in [0.25, 0.3) is 0 Å². The van der Waals surface area contributed by atoms with Crippen molar-refractivity contribution < 1.29 is 9.53 Å². The van der Waals surface area contributed by atoms with Crippen LogP contribution in [0.25, 0.3) is 6.08 Å². The van der Waals surface area contributed by atoms with Crippen molar-refractivity contribution in [3.63, 3.8) is 0 Å². The second kappa shape index (κ2) is 6.74. The van der Waals surface area contributed by atoms with E-state index in [1.165, 1.54) is 17.4 Å². The first kappa shape index (κ1) is 13.3. The van der Waals surface area contributed by atoms with Crippen LogP contribution in [0.4, 0.5) is 0 Å². The van der Waals surface area contributed by atoms with Gasteiger partial charge in [0, 0.05) is 24.2 Å². The minimum absolute atomic E-state index is 0.0635. The Hall–Kier alpha value is -2.09. The molecule has 0 aliphatic carbocycles. The van der Waals surface area contributed by atoms with Crippen molar-refractivity contribution in [3.05, 3.63) is 28.5 Å². The molecule has 2 aromatic heterocycles. The number of aryl methyl sites for hydroxylation is 1. The Morgan fingerprint density at radius 3 is 3.21 bits per heavy atom. The van der Waals surface area contributed by atoms with Crippen LogP contribution in [0.1, 0.15) is 24.2 Å². The first-order chi connectivity index (χ1) is 9.29. The fourth-order valence-electron chi connectivity index (χ4n) is 1.35. The first-order valence-electron chi connectivity index (χ1n) is 5.79. The van der Waals surface area contributed by atoms with Gasteiger partial charge < -0.3 is 4.74 Å². The number of aromatic nitrogens is 5. The topological polar surface area (TPSA) is 82.8 Å². The predicted octanol–water partition coefficient (Wildman–Crippen LogP) is 1.30. The number of carbonyl (C=O) groups excluding carboxylic acids is 1. The lowest BCUT2D eigenvalue weighted by molar-refractivity contribution is -0.139. The summed E-state index contributed by atoms with van der Waals surface area (Å²) in [7, 11) is 0. The second-order valence-corrected chi connectivity index (χ2v) is 4.56. The molecule has 0 fully saturated rings. The Balaban J connectivity index is 1.84. The highest BCUT2D eigenvalue weighted by atomic mass is 32.1. The summed E-state index contributed by atoms with van der Waals surface area (Å²) in [5.74, 6) is 0.0964. The predicted molar refractivity (Wildman–Crippen MR) is 69.1 cm³/mol. The number of hydrogen-bond acceptors (Lipinski definition) is 7. The summed E-state index contributed by atoms with van der Waals surface area (Å²) in [6.45, 7) is 2.79. The lowest BCUT2D eigenvalue weighted by Gasteiger charge is -2.02. The standard InChI is InChI=1S/C11H13N5O2S/c1-2-6-16-9(13-14-15-16)8-18-11(17)4-3-10-12-5-7-19-10/h3-5,7H,2,6,8H2,1H3/b4-3+. The van der Waals surface area contributed by atoms with Gasteiger partial charge in [-0.2, -0.15) is 0 Å². The Labute approximate surface area is 113 Å².